The zero-order valence-corrected chi connectivity index (χ0v) is 7.79. The van der Waals surface area contributed by atoms with Crippen LogP contribution in [0.25, 0.3) is 0 Å². The third-order valence-electron chi connectivity index (χ3n) is 2.10. The Morgan fingerprint density at radius 2 is 2.38 bits per heavy atom. The predicted molar refractivity (Wildman–Crippen MR) is 48.1 cm³/mol. The number of carbonyl (C=O) groups is 2. The summed E-state index contributed by atoms with van der Waals surface area (Å²) in [6, 6.07) is 0. The second-order valence-electron chi connectivity index (χ2n) is 2.95. The third kappa shape index (κ3) is 1.86. The van der Waals surface area contributed by atoms with Crippen LogP contribution in [0.4, 0.5) is 0 Å². The van der Waals surface area contributed by atoms with Gasteiger partial charge in [-0.2, -0.15) is 0 Å². The first kappa shape index (κ1) is 9.71. The molecular weight excluding hydrogens is 168 g/mol. The summed E-state index contributed by atoms with van der Waals surface area (Å²) < 4.78 is 4.63. The lowest BCUT2D eigenvalue weighted by molar-refractivity contribution is -0.135. The van der Waals surface area contributed by atoms with Crippen LogP contribution < -0.4 is 0 Å². The smallest absolute Gasteiger partial charge is 0.338 e. The van der Waals surface area contributed by atoms with Gasteiger partial charge in [-0.05, 0) is 18.9 Å². The molecule has 0 aromatic heterocycles. The molecule has 1 aliphatic rings. The average molecular weight is 180 g/mol. The Balaban J connectivity index is 2.90. The number of methoxy groups -OCH3 is 1. The van der Waals surface area contributed by atoms with E-state index in [1.807, 2.05) is 13.0 Å². The molecule has 0 saturated heterocycles. The number of aldehydes is 1. The van der Waals surface area contributed by atoms with E-state index in [2.05, 4.69) is 4.74 Å². The lowest BCUT2D eigenvalue weighted by Gasteiger charge is -2.04. The summed E-state index contributed by atoms with van der Waals surface area (Å²) in [6.07, 6.45) is 3.73. The Labute approximate surface area is 77.1 Å². The van der Waals surface area contributed by atoms with Crippen LogP contribution in [0.5, 0.6) is 0 Å². The molecular formula is C10H12O3. The summed E-state index contributed by atoms with van der Waals surface area (Å²) in [5, 5.41) is 0. The molecule has 70 valence electrons. The minimum Gasteiger partial charge on any atom is -0.465 e. The molecule has 13 heavy (non-hydrogen) atoms. The van der Waals surface area contributed by atoms with Crippen LogP contribution in [0.3, 0.4) is 0 Å². The second-order valence-corrected chi connectivity index (χ2v) is 2.95. The molecule has 0 aromatic rings. The quantitative estimate of drug-likeness (QED) is 0.487. The highest BCUT2D eigenvalue weighted by Crippen LogP contribution is 2.28. The molecule has 1 aliphatic carbocycles. The summed E-state index contributed by atoms with van der Waals surface area (Å²) in [6.45, 7) is 1.88. The van der Waals surface area contributed by atoms with E-state index in [4.69, 9.17) is 0 Å². The normalized spacial score (nSPS) is 15.7. The largest absolute Gasteiger partial charge is 0.465 e. The summed E-state index contributed by atoms with van der Waals surface area (Å²) >= 11 is 0. The molecule has 3 heteroatoms. The first-order chi connectivity index (χ1) is 6.20. The van der Waals surface area contributed by atoms with E-state index in [1.54, 1.807) is 0 Å². The number of carbonyl (C=O) groups excluding carboxylic acids is 2. The third-order valence-corrected chi connectivity index (χ3v) is 2.10. The lowest BCUT2D eigenvalue weighted by Crippen LogP contribution is -2.07. The van der Waals surface area contributed by atoms with Crippen molar-refractivity contribution in [3.05, 3.63) is 22.8 Å². The van der Waals surface area contributed by atoms with Crippen molar-refractivity contribution in [1.82, 2.24) is 0 Å². The Morgan fingerprint density at radius 1 is 1.69 bits per heavy atom. The minimum atomic E-state index is -0.344. The van der Waals surface area contributed by atoms with E-state index in [-0.39, 0.29) is 5.97 Å². The minimum absolute atomic E-state index is 0.293. The molecule has 1 rings (SSSR count). The molecule has 0 amide bonds. The van der Waals surface area contributed by atoms with Gasteiger partial charge in [-0.15, -0.1) is 0 Å². The van der Waals surface area contributed by atoms with E-state index >= 15 is 0 Å². The van der Waals surface area contributed by atoms with Gasteiger partial charge in [0.25, 0.3) is 0 Å². The van der Waals surface area contributed by atoms with Crippen molar-refractivity contribution in [1.29, 1.82) is 0 Å². The highest BCUT2D eigenvalue weighted by molar-refractivity contribution is 5.96. The van der Waals surface area contributed by atoms with Crippen molar-refractivity contribution in [2.75, 3.05) is 7.11 Å². The molecule has 0 unspecified atom stereocenters. The van der Waals surface area contributed by atoms with E-state index in [0.717, 1.165) is 23.9 Å². The highest BCUT2D eigenvalue weighted by Gasteiger charge is 2.21. The maximum Gasteiger partial charge on any atom is 0.338 e. The molecule has 0 saturated carbocycles. The standard InChI is InChI=1S/C10H12O3/c1-7-3-4-8(5-6-11)9(7)10(12)13-2/h4,6H,3,5H2,1-2H3. The number of allylic oxidation sites excluding steroid dienone is 2. The average Bonchev–Trinajstić information content (AvgIpc) is 2.47. The first-order valence-electron chi connectivity index (χ1n) is 4.11. The van der Waals surface area contributed by atoms with Gasteiger partial charge < -0.3 is 9.53 Å². The van der Waals surface area contributed by atoms with Gasteiger partial charge >= 0.3 is 5.97 Å². The molecule has 0 spiro atoms. The first-order valence-corrected chi connectivity index (χ1v) is 4.11. The van der Waals surface area contributed by atoms with Gasteiger partial charge in [0.1, 0.15) is 6.29 Å². The molecule has 0 radical (unpaired) electrons. The zero-order chi connectivity index (χ0) is 9.84. The maximum atomic E-state index is 11.3. The van der Waals surface area contributed by atoms with Crippen LogP contribution in [0, 0.1) is 0 Å². The van der Waals surface area contributed by atoms with Crippen LogP contribution in [0.2, 0.25) is 0 Å². The van der Waals surface area contributed by atoms with Crippen molar-refractivity contribution >= 4 is 12.3 Å². The lowest BCUT2D eigenvalue weighted by atomic mass is 10.1. The van der Waals surface area contributed by atoms with Crippen molar-refractivity contribution < 1.29 is 14.3 Å². The van der Waals surface area contributed by atoms with Crippen LogP contribution in [-0.4, -0.2) is 19.4 Å². The van der Waals surface area contributed by atoms with Crippen molar-refractivity contribution in [2.45, 2.75) is 19.8 Å². The van der Waals surface area contributed by atoms with E-state index in [1.165, 1.54) is 7.11 Å². The Hall–Kier alpha value is -1.38. The Morgan fingerprint density at radius 3 is 2.92 bits per heavy atom. The number of esters is 1. The Bertz CT molecular complexity index is 297. The van der Waals surface area contributed by atoms with Crippen LogP contribution in [0.1, 0.15) is 19.8 Å². The topological polar surface area (TPSA) is 43.4 Å². The molecule has 0 bridgehead atoms. The number of rotatable bonds is 3. The van der Waals surface area contributed by atoms with Gasteiger partial charge in [0, 0.05) is 6.42 Å². The molecule has 0 atom stereocenters. The Kier molecular flexibility index (Phi) is 3.01. The van der Waals surface area contributed by atoms with E-state index < -0.39 is 0 Å². The monoisotopic (exact) mass is 180 g/mol. The highest BCUT2D eigenvalue weighted by atomic mass is 16.5. The summed E-state index contributed by atoms with van der Waals surface area (Å²) in [5.74, 6) is -0.344. The number of hydrogen-bond acceptors (Lipinski definition) is 3. The molecule has 0 aliphatic heterocycles. The second kappa shape index (κ2) is 4.03. The molecule has 0 aromatic carbocycles. The summed E-state index contributed by atoms with van der Waals surface area (Å²) in [7, 11) is 1.35. The van der Waals surface area contributed by atoms with E-state index in [0.29, 0.717) is 12.0 Å². The van der Waals surface area contributed by atoms with Gasteiger partial charge in [0.2, 0.25) is 0 Å². The number of hydrogen-bond donors (Lipinski definition) is 0. The fourth-order valence-corrected chi connectivity index (χ4v) is 1.44. The molecule has 0 heterocycles. The van der Waals surface area contributed by atoms with Crippen molar-refractivity contribution in [3.63, 3.8) is 0 Å². The summed E-state index contributed by atoms with van der Waals surface area (Å²) in [4.78, 5) is 21.6. The molecule has 0 fully saturated rings. The number of ether oxygens (including phenoxy) is 1. The van der Waals surface area contributed by atoms with Crippen LogP contribution in [-0.2, 0) is 14.3 Å². The van der Waals surface area contributed by atoms with Crippen LogP contribution in [0.15, 0.2) is 22.8 Å². The van der Waals surface area contributed by atoms with E-state index in [9.17, 15) is 9.59 Å². The zero-order valence-electron chi connectivity index (χ0n) is 7.79. The molecule has 3 nitrogen and oxygen atoms in total. The summed E-state index contributed by atoms with van der Waals surface area (Å²) in [5.41, 5.74) is 2.35. The fraction of sp³-hybridized carbons (Fsp3) is 0.400. The van der Waals surface area contributed by atoms with Gasteiger partial charge in [-0.1, -0.05) is 11.6 Å². The van der Waals surface area contributed by atoms with Crippen molar-refractivity contribution in [3.8, 4) is 0 Å². The van der Waals surface area contributed by atoms with Crippen LogP contribution >= 0.6 is 0 Å². The predicted octanol–water partition coefficient (Wildman–Crippen LogP) is 1.39. The van der Waals surface area contributed by atoms with Gasteiger partial charge in [-0.3, -0.25) is 0 Å². The van der Waals surface area contributed by atoms with Gasteiger partial charge in [0.15, 0.2) is 0 Å². The SMILES string of the molecule is COC(=O)C1=C(C)CC=C1CC=O. The maximum absolute atomic E-state index is 11.3. The van der Waals surface area contributed by atoms with Gasteiger partial charge in [0.05, 0.1) is 12.7 Å². The molecule has 0 N–H and O–H groups in total. The van der Waals surface area contributed by atoms with Crippen molar-refractivity contribution in [2.24, 2.45) is 0 Å². The van der Waals surface area contributed by atoms with Gasteiger partial charge in [-0.25, -0.2) is 4.79 Å². The fourth-order valence-electron chi connectivity index (χ4n) is 1.44.